The maximum absolute atomic E-state index is 11.8. The molecular weight excluding hydrogens is 308 g/mol. The highest BCUT2D eigenvalue weighted by molar-refractivity contribution is 9.10. The van der Waals surface area contributed by atoms with E-state index in [4.69, 9.17) is 0 Å². The third-order valence-corrected chi connectivity index (χ3v) is 3.69. The topological polar surface area (TPSA) is 58.2 Å². The van der Waals surface area contributed by atoms with Crippen LogP contribution in [0.15, 0.2) is 40.9 Å². The molecule has 4 nitrogen and oxygen atoms in total. The smallest absolute Gasteiger partial charge is 0.270 e. The zero-order chi connectivity index (χ0) is 13.7. The van der Waals surface area contributed by atoms with Crippen molar-refractivity contribution in [2.75, 3.05) is 0 Å². The van der Waals surface area contributed by atoms with E-state index in [1.807, 2.05) is 6.07 Å². The molecule has 0 fully saturated rings. The van der Waals surface area contributed by atoms with Crippen molar-refractivity contribution in [3.05, 3.63) is 46.5 Å². The van der Waals surface area contributed by atoms with Crippen LogP contribution < -0.4 is 10.9 Å². The molecule has 5 heteroatoms. The number of amides is 2. The van der Waals surface area contributed by atoms with Crippen LogP contribution in [0.4, 0.5) is 0 Å². The summed E-state index contributed by atoms with van der Waals surface area (Å²) in [4.78, 5) is 23.5. The molecule has 2 amide bonds. The van der Waals surface area contributed by atoms with Crippen LogP contribution in [0.3, 0.4) is 0 Å². The molecule has 1 aromatic carbocycles. The largest absolute Gasteiger partial charge is 0.273 e. The Kier molecular flexibility index (Phi) is 4.74. The molecule has 0 aromatic heterocycles. The first kappa shape index (κ1) is 13.8. The summed E-state index contributed by atoms with van der Waals surface area (Å²) < 4.78 is 0.695. The first-order valence-corrected chi connectivity index (χ1v) is 6.96. The molecule has 100 valence electrons. The van der Waals surface area contributed by atoms with Crippen LogP contribution in [0.25, 0.3) is 0 Å². The first-order valence-electron chi connectivity index (χ1n) is 6.17. The highest BCUT2D eigenvalue weighted by Gasteiger charge is 2.15. The van der Waals surface area contributed by atoms with Gasteiger partial charge in [-0.2, -0.15) is 0 Å². The minimum Gasteiger partial charge on any atom is -0.273 e. The Morgan fingerprint density at radius 3 is 2.74 bits per heavy atom. The Morgan fingerprint density at radius 1 is 1.26 bits per heavy atom. The van der Waals surface area contributed by atoms with Crippen LogP contribution in [0.2, 0.25) is 0 Å². The maximum Gasteiger partial charge on any atom is 0.270 e. The summed E-state index contributed by atoms with van der Waals surface area (Å²) in [7, 11) is 0. The molecule has 2 N–H and O–H groups in total. The average molecular weight is 323 g/mol. The van der Waals surface area contributed by atoms with Crippen molar-refractivity contribution in [2.45, 2.75) is 19.3 Å². The lowest BCUT2D eigenvalue weighted by Crippen LogP contribution is -2.42. The van der Waals surface area contributed by atoms with Gasteiger partial charge in [0.1, 0.15) is 0 Å². The Bertz CT molecular complexity index is 514. The van der Waals surface area contributed by atoms with E-state index in [2.05, 4.69) is 38.9 Å². The number of hydrogen-bond donors (Lipinski definition) is 2. The second-order valence-corrected chi connectivity index (χ2v) is 5.31. The number of carbonyl (C=O) groups is 2. The van der Waals surface area contributed by atoms with Gasteiger partial charge in [0.2, 0.25) is 5.91 Å². The number of hydrogen-bond acceptors (Lipinski definition) is 2. The van der Waals surface area contributed by atoms with Gasteiger partial charge in [-0.1, -0.05) is 24.3 Å². The quantitative estimate of drug-likeness (QED) is 0.663. The van der Waals surface area contributed by atoms with Gasteiger partial charge < -0.3 is 0 Å². The van der Waals surface area contributed by atoms with E-state index < -0.39 is 0 Å². The minimum atomic E-state index is -0.331. The van der Waals surface area contributed by atoms with Gasteiger partial charge in [-0.05, 0) is 46.8 Å². The lowest BCUT2D eigenvalue weighted by Gasteiger charge is -2.10. The van der Waals surface area contributed by atoms with Crippen molar-refractivity contribution in [1.82, 2.24) is 10.9 Å². The Labute approximate surface area is 120 Å². The van der Waals surface area contributed by atoms with E-state index in [-0.39, 0.29) is 11.8 Å². The maximum atomic E-state index is 11.8. The summed E-state index contributed by atoms with van der Waals surface area (Å²) in [6.07, 6.45) is 6.58. The molecule has 19 heavy (non-hydrogen) atoms. The average Bonchev–Trinajstić information content (AvgIpc) is 2.89. The predicted molar refractivity (Wildman–Crippen MR) is 76.2 cm³/mol. The van der Waals surface area contributed by atoms with Gasteiger partial charge in [0.15, 0.2) is 0 Å². The first-order chi connectivity index (χ1) is 9.16. The molecule has 1 aliphatic rings. The van der Waals surface area contributed by atoms with Crippen LogP contribution in [0.1, 0.15) is 29.6 Å². The van der Waals surface area contributed by atoms with Crippen molar-refractivity contribution in [3.8, 4) is 0 Å². The molecule has 0 spiro atoms. The molecule has 0 saturated carbocycles. The standard InChI is InChI=1S/C14H15BrN2O2/c15-12-8-4-3-7-11(12)14(19)17-16-13(18)9-10-5-1-2-6-10/h1,3-5,7-8,10H,2,6,9H2,(H,16,18)(H,17,19)/t10-/m0/s1. The van der Waals surface area contributed by atoms with Crippen molar-refractivity contribution in [3.63, 3.8) is 0 Å². The normalized spacial score (nSPS) is 17.2. The second kappa shape index (κ2) is 6.52. The van der Waals surface area contributed by atoms with Gasteiger partial charge in [-0.25, -0.2) is 0 Å². The monoisotopic (exact) mass is 322 g/mol. The number of rotatable bonds is 3. The van der Waals surface area contributed by atoms with E-state index in [9.17, 15) is 9.59 Å². The number of halogens is 1. The molecule has 0 radical (unpaired) electrons. The SMILES string of the molecule is O=C(C[C@H]1C=CCC1)NNC(=O)c1ccccc1Br. The molecule has 2 rings (SSSR count). The van der Waals surface area contributed by atoms with Crippen LogP contribution >= 0.6 is 15.9 Å². The zero-order valence-electron chi connectivity index (χ0n) is 10.4. The highest BCUT2D eigenvalue weighted by Crippen LogP contribution is 2.20. The van der Waals surface area contributed by atoms with Gasteiger partial charge in [0.05, 0.1) is 5.56 Å². The molecule has 0 aliphatic heterocycles. The summed E-state index contributed by atoms with van der Waals surface area (Å²) in [5, 5.41) is 0. The fraction of sp³-hybridized carbons (Fsp3) is 0.286. The molecule has 0 bridgehead atoms. The molecule has 0 heterocycles. The van der Waals surface area contributed by atoms with Gasteiger partial charge >= 0.3 is 0 Å². The molecular formula is C14H15BrN2O2. The summed E-state index contributed by atoms with van der Waals surface area (Å²) in [5.74, 6) is -0.208. The van der Waals surface area contributed by atoms with E-state index in [1.54, 1.807) is 18.2 Å². The van der Waals surface area contributed by atoms with E-state index in [0.29, 0.717) is 22.4 Å². The molecule has 1 atom stereocenters. The zero-order valence-corrected chi connectivity index (χ0v) is 11.9. The van der Waals surface area contributed by atoms with E-state index in [1.165, 1.54) is 0 Å². The Hall–Kier alpha value is -1.62. The van der Waals surface area contributed by atoms with Crippen LogP contribution in [0, 0.1) is 5.92 Å². The molecule has 1 aromatic rings. The summed E-state index contributed by atoms with van der Waals surface area (Å²) in [6.45, 7) is 0. The number of hydrazine groups is 1. The van der Waals surface area contributed by atoms with Gasteiger partial charge in [-0.3, -0.25) is 20.4 Å². The molecule has 0 saturated heterocycles. The Morgan fingerprint density at radius 2 is 2.05 bits per heavy atom. The number of benzene rings is 1. The fourth-order valence-corrected chi connectivity index (χ4v) is 2.46. The lowest BCUT2D eigenvalue weighted by molar-refractivity contribution is -0.122. The van der Waals surface area contributed by atoms with Crippen molar-refractivity contribution < 1.29 is 9.59 Å². The van der Waals surface area contributed by atoms with E-state index in [0.717, 1.165) is 12.8 Å². The van der Waals surface area contributed by atoms with Crippen molar-refractivity contribution in [2.24, 2.45) is 5.92 Å². The summed E-state index contributed by atoms with van der Waals surface area (Å²) in [6, 6.07) is 7.06. The van der Waals surface area contributed by atoms with Gasteiger partial charge in [0, 0.05) is 10.9 Å². The third-order valence-electron chi connectivity index (χ3n) is 2.99. The third kappa shape index (κ3) is 3.92. The molecule has 1 aliphatic carbocycles. The van der Waals surface area contributed by atoms with Crippen LogP contribution in [-0.4, -0.2) is 11.8 Å². The van der Waals surface area contributed by atoms with Crippen molar-refractivity contribution in [1.29, 1.82) is 0 Å². The lowest BCUT2D eigenvalue weighted by atomic mass is 10.1. The fourth-order valence-electron chi connectivity index (χ4n) is 1.99. The minimum absolute atomic E-state index is 0.169. The second-order valence-electron chi connectivity index (χ2n) is 4.45. The van der Waals surface area contributed by atoms with Gasteiger partial charge in [-0.15, -0.1) is 0 Å². The van der Waals surface area contributed by atoms with Gasteiger partial charge in [0.25, 0.3) is 5.91 Å². The Balaban J connectivity index is 1.81. The molecule has 0 unspecified atom stereocenters. The number of allylic oxidation sites excluding steroid dienone is 2. The van der Waals surface area contributed by atoms with Crippen LogP contribution in [-0.2, 0) is 4.79 Å². The number of nitrogens with one attached hydrogen (secondary N) is 2. The summed E-state index contributed by atoms with van der Waals surface area (Å²) >= 11 is 3.29. The van der Waals surface area contributed by atoms with E-state index >= 15 is 0 Å². The number of carbonyl (C=O) groups excluding carboxylic acids is 2. The van der Waals surface area contributed by atoms with Crippen molar-refractivity contribution >= 4 is 27.7 Å². The summed E-state index contributed by atoms with van der Waals surface area (Å²) in [5.41, 5.74) is 5.35. The predicted octanol–water partition coefficient (Wildman–Crippen LogP) is 2.57. The highest BCUT2D eigenvalue weighted by atomic mass is 79.9. The van der Waals surface area contributed by atoms with Crippen LogP contribution in [0.5, 0.6) is 0 Å².